The zero-order valence-electron chi connectivity index (χ0n) is 14.4. The Labute approximate surface area is 144 Å². The summed E-state index contributed by atoms with van der Waals surface area (Å²) in [7, 11) is 0. The largest absolute Gasteiger partial charge is 0.353 e. The maximum Gasteiger partial charge on any atom is 0.256 e. The van der Waals surface area contributed by atoms with Crippen LogP contribution in [-0.4, -0.2) is 31.6 Å². The molecule has 0 saturated heterocycles. The molecule has 2 aromatic heterocycles. The standard InChI is InChI=1S/C17H21N5O3/c1-11-12(2)19-9-22(17(11)25)8-15(23)18-5-6-21-10-20-14(7-16(21)24)13-3-4-13/h7,9-10,13H,3-6,8H2,1-2H3,(H,18,23). The minimum atomic E-state index is -0.303. The number of hydrogen-bond acceptors (Lipinski definition) is 5. The Morgan fingerprint density at radius 3 is 2.60 bits per heavy atom. The SMILES string of the molecule is Cc1ncn(CC(=O)NCCn2cnc(C3CC3)cc2=O)c(=O)c1C. The summed E-state index contributed by atoms with van der Waals surface area (Å²) in [6, 6.07) is 1.57. The molecule has 0 radical (unpaired) electrons. The minimum absolute atomic E-state index is 0.0965. The lowest BCUT2D eigenvalue weighted by atomic mass is 10.3. The van der Waals surface area contributed by atoms with Crippen molar-refractivity contribution in [2.24, 2.45) is 0 Å². The number of nitrogens with one attached hydrogen (secondary N) is 1. The first-order chi connectivity index (χ1) is 12.0. The smallest absolute Gasteiger partial charge is 0.256 e. The Morgan fingerprint density at radius 1 is 1.20 bits per heavy atom. The van der Waals surface area contributed by atoms with Gasteiger partial charge < -0.3 is 5.32 Å². The van der Waals surface area contributed by atoms with Crippen molar-refractivity contribution in [3.8, 4) is 0 Å². The highest BCUT2D eigenvalue weighted by Crippen LogP contribution is 2.38. The van der Waals surface area contributed by atoms with Crippen LogP contribution in [0.3, 0.4) is 0 Å². The summed E-state index contributed by atoms with van der Waals surface area (Å²) in [5, 5.41) is 2.70. The first-order valence-electron chi connectivity index (χ1n) is 8.31. The highest BCUT2D eigenvalue weighted by atomic mass is 16.2. The molecule has 0 aliphatic heterocycles. The van der Waals surface area contributed by atoms with E-state index in [1.54, 1.807) is 19.9 Å². The van der Waals surface area contributed by atoms with Gasteiger partial charge in [0.05, 0.1) is 18.3 Å². The van der Waals surface area contributed by atoms with Crippen molar-refractivity contribution in [3.05, 3.63) is 56.4 Å². The van der Waals surface area contributed by atoms with Crippen LogP contribution in [0.25, 0.3) is 0 Å². The summed E-state index contributed by atoms with van der Waals surface area (Å²) < 4.78 is 2.74. The van der Waals surface area contributed by atoms with Crippen molar-refractivity contribution in [3.63, 3.8) is 0 Å². The molecule has 25 heavy (non-hydrogen) atoms. The van der Waals surface area contributed by atoms with E-state index in [9.17, 15) is 14.4 Å². The average Bonchev–Trinajstić information content (AvgIpc) is 3.42. The van der Waals surface area contributed by atoms with E-state index in [2.05, 4.69) is 15.3 Å². The second-order valence-corrected chi connectivity index (χ2v) is 6.36. The van der Waals surface area contributed by atoms with Gasteiger partial charge in [0.2, 0.25) is 5.91 Å². The second kappa shape index (κ2) is 7.00. The molecule has 1 fully saturated rings. The van der Waals surface area contributed by atoms with E-state index >= 15 is 0 Å². The fourth-order valence-electron chi connectivity index (χ4n) is 2.52. The maximum atomic E-state index is 12.0. The monoisotopic (exact) mass is 343 g/mol. The highest BCUT2D eigenvalue weighted by Gasteiger charge is 2.25. The lowest BCUT2D eigenvalue weighted by Gasteiger charge is -2.10. The highest BCUT2D eigenvalue weighted by molar-refractivity contribution is 5.75. The molecule has 3 rings (SSSR count). The number of nitrogens with zero attached hydrogens (tertiary/aromatic N) is 4. The van der Waals surface area contributed by atoms with Crippen molar-refractivity contribution in [2.75, 3.05) is 6.54 Å². The van der Waals surface area contributed by atoms with E-state index < -0.39 is 0 Å². The molecule has 0 bridgehead atoms. The first-order valence-corrected chi connectivity index (χ1v) is 8.31. The number of amides is 1. The number of aryl methyl sites for hydroxylation is 1. The van der Waals surface area contributed by atoms with Gasteiger partial charge in [-0.3, -0.25) is 23.5 Å². The lowest BCUT2D eigenvalue weighted by molar-refractivity contribution is -0.121. The Morgan fingerprint density at radius 2 is 1.92 bits per heavy atom. The minimum Gasteiger partial charge on any atom is -0.353 e. The van der Waals surface area contributed by atoms with Gasteiger partial charge >= 0.3 is 0 Å². The molecule has 0 spiro atoms. The molecule has 0 atom stereocenters. The normalized spacial score (nSPS) is 13.7. The van der Waals surface area contributed by atoms with Gasteiger partial charge in [0.25, 0.3) is 11.1 Å². The molecule has 1 aliphatic rings. The predicted molar refractivity (Wildman–Crippen MR) is 91.5 cm³/mol. The van der Waals surface area contributed by atoms with Crippen molar-refractivity contribution in [1.82, 2.24) is 24.4 Å². The third-order valence-electron chi connectivity index (χ3n) is 4.40. The summed E-state index contributed by atoms with van der Waals surface area (Å²) in [5.74, 6) is 0.134. The third-order valence-corrected chi connectivity index (χ3v) is 4.40. The van der Waals surface area contributed by atoms with Gasteiger partial charge in [-0.2, -0.15) is 0 Å². The molecule has 8 heteroatoms. The van der Waals surface area contributed by atoms with Crippen LogP contribution in [0.4, 0.5) is 0 Å². The van der Waals surface area contributed by atoms with Crippen LogP contribution in [0.5, 0.6) is 0 Å². The maximum absolute atomic E-state index is 12.0. The predicted octanol–water partition coefficient (Wildman–Crippen LogP) is 0.111. The van der Waals surface area contributed by atoms with Gasteiger partial charge in [-0.05, 0) is 26.7 Å². The Balaban J connectivity index is 1.54. The van der Waals surface area contributed by atoms with Crippen molar-refractivity contribution in [1.29, 1.82) is 0 Å². The molecular formula is C17H21N5O3. The number of aromatic nitrogens is 4. The molecule has 132 valence electrons. The van der Waals surface area contributed by atoms with E-state index in [0.29, 0.717) is 23.7 Å². The Bertz CT molecular complexity index is 911. The van der Waals surface area contributed by atoms with Gasteiger partial charge in [0.1, 0.15) is 6.54 Å². The van der Waals surface area contributed by atoms with E-state index in [-0.39, 0.29) is 30.1 Å². The molecule has 2 heterocycles. The first kappa shape index (κ1) is 17.1. The van der Waals surface area contributed by atoms with Crippen LogP contribution in [0.1, 0.15) is 35.7 Å². The van der Waals surface area contributed by atoms with Crippen molar-refractivity contribution in [2.45, 2.75) is 45.7 Å². The lowest BCUT2D eigenvalue weighted by Crippen LogP contribution is -2.36. The molecular weight excluding hydrogens is 322 g/mol. The van der Waals surface area contributed by atoms with Gasteiger partial charge in [0.15, 0.2) is 0 Å². The number of rotatable bonds is 6. The zero-order chi connectivity index (χ0) is 18.0. The van der Waals surface area contributed by atoms with Crippen LogP contribution in [0.2, 0.25) is 0 Å². The molecule has 1 N–H and O–H groups in total. The van der Waals surface area contributed by atoms with Gasteiger partial charge in [-0.25, -0.2) is 9.97 Å². The fourth-order valence-corrected chi connectivity index (χ4v) is 2.52. The van der Waals surface area contributed by atoms with E-state index in [1.165, 1.54) is 21.8 Å². The summed E-state index contributed by atoms with van der Waals surface area (Å²) in [4.78, 5) is 44.4. The van der Waals surface area contributed by atoms with Gasteiger partial charge in [0, 0.05) is 36.3 Å². The number of hydrogen-bond donors (Lipinski definition) is 1. The van der Waals surface area contributed by atoms with Crippen molar-refractivity contribution < 1.29 is 4.79 Å². The summed E-state index contributed by atoms with van der Waals surface area (Å²) in [5.41, 5.74) is 1.71. The van der Waals surface area contributed by atoms with Crippen LogP contribution in [-0.2, 0) is 17.9 Å². The van der Waals surface area contributed by atoms with Crippen LogP contribution >= 0.6 is 0 Å². The molecule has 1 aliphatic carbocycles. The van der Waals surface area contributed by atoms with E-state index in [1.807, 2.05) is 0 Å². The topological polar surface area (TPSA) is 98.9 Å². The number of carbonyl (C=O) groups is 1. The third kappa shape index (κ3) is 4.01. The Kier molecular flexibility index (Phi) is 4.78. The molecule has 8 nitrogen and oxygen atoms in total. The van der Waals surface area contributed by atoms with Crippen molar-refractivity contribution >= 4 is 5.91 Å². The van der Waals surface area contributed by atoms with Gasteiger partial charge in [-0.1, -0.05) is 0 Å². The second-order valence-electron chi connectivity index (χ2n) is 6.36. The fraction of sp³-hybridized carbons (Fsp3) is 0.471. The zero-order valence-corrected chi connectivity index (χ0v) is 14.4. The quantitative estimate of drug-likeness (QED) is 0.803. The Hall–Kier alpha value is -2.77. The van der Waals surface area contributed by atoms with Crippen LogP contribution in [0.15, 0.2) is 28.3 Å². The number of carbonyl (C=O) groups excluding carboxylic acids is 1. The van der Waals surface area contributed by atoms with E-state index in [4.69, 9.17) is 0 Å². The van der Waals surface area contributed by atoms with Crippen LogP contribution in [0, 0.1) is 13.8 Å². The van der Waals surface area contributed by atoms with Crippen LogP contribution < -0.4 is 16.4 Å². The summed E-state index contributed by atoms with van der Waals surface area (Å²) in [6.45, 7) is 3.96. The summed E-state index contributed by atoms with van der Waals surface area (Å²) >= 11 is 0. The molecule has 1 amide bonds. The summed E-state index contributed by atoms with van der Waals surface area (Å²) in [6.07, 6.45) is 5.09. The average molecular weight is 343 g/mol. The van der Waals surface area contributed by atoms with Gasteiger partial charge in [-0.15, -0.1) is 0 Å². The molecule has 1 saturated carbocycles. The van der Waals surface area contributed by atoms with E-state index in [0.717, 1.165) is 18.5 Å². The molecule has 0 aromatic carbocycles. The molecule has 2 aromatic rings. The molecule has 0 unspecified atom stereocenters.